The molecule has 33 heavy (non-hydrogen) atoms. The van der Waals surface area contributed by atoms with E-state index in [1.807, 2.05) is 0 Å². The summed E-state index contributed by atoms with van der Waals surface area (Å²) >= 11 is 0. The number of nitrogen functional groups attached to an aromatic ring is 1. The summed E-state index contributed by atoms with van der Waals surface area (Å²) in [5.74, 6) is -1.96. The molecule has 170 valence electrons. The maximum Gasteiger partial charge on any atom is 0.573 e. The van der Waals surface area contributed by atoms with E-state index in [1.165, 1.54) is 4.52 Å². The van der Waals surface area contributed by atoms with Gasteiger partial charge in [-0.3, -0.25) is 9.78 Å². The molecule has 0 bridgehead atoms. The normalized spacial score (nSPS) is 11.5. The number of alkyl halides is 3. The van der Waals surface area contributed by atoms with Crippen molar-refractivity contribution >= 4 is 23.2 Å². The predicted octanol–water partition coefficient (Wildman–Crippen LogP) is 3.90. The Morgan fingerprint density at radius 3 is 2.73 bits per heavy atom. The van der Waals surface area contributed by atoms with Crippen LogP contribution in [-0.4, -0.2) is 31.9 Å². The summed E-state index contributed by atoms with van der Waals surface area (Å²) in [7, 11) is 0. The number of nitrogens with two attached hydrogens (primary N) is 1. The van der Waals surface area contributed by atoms with Crippen LogP contribution in [0.2, 0.25) is 0 Å². The molecule has 1 amide bonds. The molecule has 4 rings (SSSR count). The van der Waals surface area contributed by atoms with Crippen LogP contribution < -0.4 is 15.8 Å². The van der Waals surface area contributed by atoms with Gasteiger partial charge in [-0.05, 0) is 48.9 Å². The highest BCUT2D eigenvalue weighted by atomic mass is 19.4. The van der Waals surface area contributed by atoms with Gasteiger partial charge in [0.15, 0.2) is 5.65 Å². The Morgan fingerprint density at radius 2 is 1.97 bits per heavy atom. The molecule has 0 saturated heterocycles. The molecule has 4 aromatic rings. The van der Waals surface area contributed by atoms with Crippen LogP contribution in [-0.2, 0) is 11.2 Å². The largest absolute Gasteiger partial charge is 0.573 e. The minimum absolute atomic E-state index is 0.124. The number of ether oxygens (including phenoxy) is 1. The van der Waals surface area contributed by atoms with Gasteiger partial charge in [0.05, 0.1) is 17.8 Å². The van der Waals surface area contributed by atoms with E-state index < -0.39 is 30.3 Å². The molecule has 8 nitrogen and oxygen atoms in total. The molecule has 12 heteroatoms. The van der Waals surface area contributed by atoms with Gasteiger partial charge in [-0.2, -0.15) is 4.98 Å². The third-order valence-electron chi connectivity index (χ3n) is 4.65. The summed E-state index contributed by atoms with van der Waals surface area (Å²) in [6.07, 6.45) is -2.16. The van der Waals surface area contributed by atoms with E-state index in [0.29, 0.717) is 22.6 Å². The third-order valence-corrected chi connectivity index (χ3v) is 4.65. The summed E-state index contributed by atoms with van der Waals surface area (Å²) in [5.41, 5.74) is 8.13. The molecule has 3 aromatic heterocycles. The van der Waals surface area contributed by atoms with Crippen molar-refractivity contribution in [2.45, 2.75) is 19.7 Å². The molecule has 0 unspecified atom stereocenters. The number of halogens is 4. The summed E-state index contributed by atoms with van der Waals surface area (Å²) < 4.78 is 56.6. The van der Waals surface area contributed by atoms with Gasteiger partial charge in [0.1, 0.15) is 11.6 Å². The average molecular weight is 460 g/mol. The molecule has 0 saturated carbocycles. The van der Waals surface area contributed by atoms with Crippen molar-refractivity contribution in [3.8, 4) is 16.9 Å². The fourth-order valence-corrected chi connectivity index (χ4v) is 3.15. The van der Waals surface area contributed by atoms with E-state index in [2.05, 4.69) is 25.1 Å². The smallest absolute Gasteiger partial charge is 0.406 e. The number of carbonyl (C=O) groups excluding carboxylic acids is 1. The number of anilines is 2. The van der Waals surface area contributed by atoms with Gasteiger partial charge in [-0.1, -0.05) is 0 Å². The van der Waals surface area contributed by atoms with Crippen LogP contribution >= 0.6 is 0 Å². The van der Waals surface area contributed by atoms with E-state index >= 15 is 0 Å². The average Bonchev–Trinajstić information content (AvgIpc) is 3.10. The molecule has 0 spiro atoms. The molecule has 3 heterocycles. The number of amides is 1. The summed E-state index contributed by atoms with van der Waals surface area (Å²) in [5, 5.41) is 6.62. The lowest BCUT2D eigenvalue weighted by Gasteiger charge is -2.12. The quantitative estimate of drug-likeness (QED) is 0.438. The number of nitrogens with zero attached hydrogens (tertiary/aromatic N) is 4. The van der Waals surface area contributed by atoms with Gasteiger partial charge in [0.2, 0.25) is 11.9 Å². The number of aryl methyl sites for hydroxylation is 1. The molecule has 0 fully saturated rings. The summed E-state index contributed by atoms with van der Waals surface area (Å²) in [6, 6.07) is 7.66. The Balaban J connectivity index is 1.54. The predicted molar refractivity (Wildman–Crippen MR) is 111 cm³/mol. The number of pyridine rings is 2. The first-order chi connectivity index (χ1) is 15.6. The Kier molecular flexibility index (Phi) is 5.58. The van der Waals surface area contributed by atoms with Crippen LogP contribution in [0.25, 0.3) is 16.8 Å². The lowest BCUT2D eigenvalue weighted by atomic mass is 10.1. The van der Waals surface area contributed by atoms with Crippen LogP contribution in [0.3, 0.4) is 0 Å². The molecule has 0 aliphatic carbocycles. The fraction of sp³-hybridized carbons (Fsp3) is 0.143. The van der Waals surface area contributed by atoms with E-state index in [9.17, 15) is 22.4 Å². The molecule has 0 radical (unpaired) electrons. The van der Waals surface area contributed by atoms with Gasteiger partial charge in [0.25, 0.3) is 0 Å². The number of benzene rings is 1. The lowest BCUT2D eigenvalue weighted by molar-refractivity contribution is -0.274. The Hall–Kier alpha value is -4.22. The second kappa shape index (κ2) is 8.37. The van der Waals surface area contributed by atoms with Crippen molar-refractivity contribution in [3.05, 3.63) is 65.9 Å². The Bertz CT molecular complexity index is 1350. The van der Waals surface area contributed by atoms with Crippen LogP contribution in [0.4, 0.5) is 29.2 Å². The first-order valence-corrected chi connectivity index (χ1v) is 9.50. The summed E-state index contributed by atoms with van der Waals surface area (Å²) in [4.78, 5) is 20.9. The van der Waals surface area contributed by atoms with Gasteiger partial charge >= 0.3 is 6.36 Å². The minimum atomic E-state index is -4.93. The molecule has 3 N–H and O–H groups in total. The SMILES string of the molecule is Cc1ncc(-c2ccn3nc(N)nc3c2)cc1NC(=O)Cc1cc(OC(F)(F)F)ccc1F. The van der Waals surface area contributed by atoms with Crippen LogP contribution in [0, 0.1) is 12.7 Å². The Morgan fingerprint density at radius 1 is 1.18 bits per heavy atom. The minimum Gasteiger partial charge on any atom is -0.406 e. The summed E-state index contributed by atoms with van der Waals surface area (Å²) in [6.45, 7) is 1.67. The molecular formula is C21H16F4N6O2. The third kappa shape index (κ3) is 5.17. The monoisotopic (exact) mass is 460 g/mol. The van der Waals surface area contributed by atoms with Crippen LogP contribution in [0.1, 0.15) is 11.3 Å². The van der Waals surface area contributed by atoms with E-state index in [1.54, 1.807) is 37.5 Å². The van der Waals surface area contributed by atoms with Gasteiger partial charge in [0, 0.05) is 23.5 Å². The van der Waals surface area contributed by atoms with Crippen LogP contribution in [0.15, 0.2) is 48.8 Å². The zero-order valence-electron chi connectivity index (χ0n) is 17.0. The lowest BCUT2D eigenvalue weighted by Crippen LogP contribution is -2.18. The number of fused-ring (bicyclic) bond motifs is 1. The number of hydrogen-bond acceptors (Lipinski definition) is 6. The van der Waals surface area contributed by atoms with Crippen molar-refractivity contribution < 1.29 is 27.1 Å². The maximum atomic E-state index is 14.0. The topological polar surface area (TPSA) is 107 Å². The first kappa shape index (κ1) is 22.0. The zero-order valence-corrected chi connectivity index (χ0v) is 17.0. The van der Waals surface area contributed by atoms with Crippen molar-refractivity contribution in [2.75, 3.05) is 11.1 Å². The highest BCUT2D eigenvalue weighted by Gasteiger charge is 2.31. The molecular weight excluding hydrogens is 444 g/mol. The van der Waals surface area contributed by atoms with Gasteiger partial charge in [-0.25, -0.2) is 8.91 Å². The Labute approximate surface area is 184 Å². The molecule has 0 atom stereocenters. The maximum absolute atomic E-state index is 14.0. The second-order valence-electron chi connectivity index (χ2n) is 7.07. The van der Waals surface area contributed by atoms with Crippen molar-refractivity contribution in [1.82, 2.24) is 19.6 Å². The molecule has 1 aromatic carbocycles. The van der Waals surface area contributed by atoms with Crippen molar-refractivity contribution in [2.24, 2.45) is 0 Å². The van der Waals surface area contributed by atoms with E-state index in [0.717, 1.165) is 23.8 Å². The molecule has 0 aliphatic rings. The van der Waals surface area contributed by atoms with Crippen molar-refractivity contribution in [3.63, 3.8) is 0 Å². The number of rotatable bonds is 5. The van der Waals surface area contributed by atoms with E-state index in [4.69, 9.17) is 5.73 Å². The van der Waals surface area contributed by atoms with Crippen LogP contribution in [0.5, 0.6) is 5.75 Å². The second-order valence-corrected chi connectivity index (χ2v) is 7.07. The number of aromatic nitrogens is 4. The highest BCUT2D eigenvalue weighted by molar-refractivity contribution is 5.93. The first-order valence-electron chi connectivity index (χ1n) is 9.50. The number of nitrogens with one attached hydrogen (secondary N) is 1. The fourth-order valence-electron chi connectivity index (χ4n) is 3.15. The number of hydrogen-bond donors (Lipinski definition) is 2. The highest BCUT2D eigenvalue weighted by Crippen LogP contribution is 2.27. The zero-order chi connectivity index (χ0) is 23.8. The van der Waals surface area contributed by atoms with Gasteiger partial charge in [-0.15, -0.1) is 18.3 Å². The van der Waals surface area contributed by atoms with Gasteiger partial charge < -0.3 is 15.8 Å². The standard InChI is InChI=1S/C21H16F4N6O2/c1-11-17(7-14(10-27-11)12-4-5-31-18(8-12)29-20(26)30-31)28-19(32)9-13-6-15(2-3-16(13)22)33-21(23,24)25/h2-8,10H,9H2,1H3,(H2,26,30)(H,28,32). The van der Waals surface area contributed by atoms with Crippen molar-refractivity contribution in [1.29, 1.82) is 0 Å². The molecule has 0 aliphatic heterocycles. The van der Waals surface area contributed by atoms with E-state index in [-0.39, 0.29) is 11.5 Å². The number of carbonyl (C=O) groups is 1.